The molecule has 0 atom stereocenters. The molecule has 0 saturated heterocycles. The molecule has 2 aromatic carbocycles. The Hall–Kier alpha value is -1.76. The maximum atomic E-state index is 8.76. The highest BCUT2D eigenvalue weighted by atomic mass is 16.3. The normalized spacial score (nSPS) is 9.83. The van der Waals surface area contributed by atoms with E-state index < -0.39 is 0 Å². The molecule has 2 rings (SSSR count). The van der Waals surface area contributed by atoms with Crippen LogP contribution in [-0.4, -0.2) is 5.11 Å². The molecule has 0 heterocycles. The van der Waals surface area contributed by atoms with Gasteiger partial charge in [0.05, 0.1) is 0 Å². The van der Waals surface area contributed by atoms with Crippen molar-refractivity contribution in [1.82, 2.24) is 0 Å². The molecular formula is C17H22O. The zero-order valence-corrected chi connectivity index (χ0v) is 11.6. The van der Waals surface area contributed by atoms with Crippen molar-refractivity contribution < 1.29 is 5.11 Å². The van der Waals surface area contributed by atoms with Gasteiger partial charge in [-0.15, -0.1) is 0 Å². The predicted octanol–water partition coefficient (Wildman–Crippen LogP) is 4.82. The minimum Gasteiger partial charge on any atom is -0.508 e. The van der Waals surface area contributed by atoms with E-state index in [0.29, 0.717) is 11.7 Å². The number of aryl methyl sites for hydroxylation is 2. The lowest BCUT2D eigenvalue weighted by Gasteiger charge is -2.03. The molecule has 96 valence electrons. The molecule has 0 saturated carbocycles. The molecule has 2 aromatic rings. The number of phenolic OH excluding ortho intramolecular Hbond substituents is 1. The van der Waals surface area contributed by atoms with Crippen molar-refractivity contribution in [3.63, 3.8) is 0 Å². The van der Waals surface area contributed by atoms with Crippen LogP contribution in [0.1, 0.15) is 36.5 Å². The van der Waals surface area contributed by atoms with Crippen LogP contribution in [0.2, 0.25) is 0 Å². The Balaban J connectivity index is 0.000000184. The van der Waals surface area contributed by atoms with Gasteiger partial charge < -0.3 is 5.11 Å². The van der Waals surface area contributed by atoms with Crippen LogP contribution in [-0.2, 0) is 0 Å². The second-order valence-electron chi connectivity index (χ2n) is 4.90. The van der Waals surface area contributed by atoms with Crippen molar-refractivity contribution in [2.75, 3.05) is 0 Å². The van der Waals surface area contributed by atoms with Crippen LogP contribution in [0.3, 0.4) is 0 Å². The number of rotatable bonds is 1. The molecule has 1 heteroatoms. The van der Waals surface area contributed by atoms with Gasteiger partial charge in [0.1, 0.15) is 5.75 Å². The third-order valence-electron chi connectivity index (χ3n) is 2.78. The van der Waals surface area contributed by atoms with Crippen molar-refractivity contribution in [3.05, 3.63) is 65.2 Å². The van der Waals surface area contributed by atoms with E-state index in [9.17, 15) is 0 Å². The fraction of sp³-hybridized carbons (Fsp3) is 0.294. The average Bonchev–Trinajstić information content (AvgIpc) is 2.34. The monoisotopic (exact) mass is 242 g/mol. The zero-order chi connectivity index (χ0) is 13.5. The van der Waals surface area contributed by atoms with E-state index in [0.717, 1.165) is 0 Å². The highest BCUT2D eigenvalue weighted by Crippen LogP contribution is 2.13. The lowest BCUT2D eigenvalue weighted by Crippen LogP contribution is -1.85. The second-order valence-corrected chi connectivity index (χ2v) is 4.90. The maximum Gasteiger partial charge on any atom is 0.115 e. The van der Waals surface area contributed by atoms with Gasteiger partial charge in [-0.05, 0) is 37.5 Å². The first-order valence-corrected chi connectivity index (χ1v) is 6.31. The molecule has 0 aliphatic rings. The molecule has 0 amide bonds. The van der Waals surface area contributed by atoms with Gasteiger partial charge in [-0.2, -0.15) is 0 Å². The summed E-state index contributed by atoms with van der Waals surface area (Å²) in [6.45, 7) is 8.53. The van der Waals surface area contributed by atoms with E-state index in [1.165, 1.54) is 16.7 Å². The molecule has 0 aliphatic heterocycles. The van der Waals surface area contributed by atoms with Crippen LogP contribution in [0.25, 0.3) is 0 Å². The minimum atomic E-state index is 0.329. The second kappa shape index (κ2) is 6.85. The van der Waals surface area contributed by atoms with Crippen LogP contribution in [0.15, 0.2) is 48.5 Å². The van der Waals surface area contributed by atoms with E-state index in [1.807, 2.05) is 19.1 Å². The molecule has 0 aliphatic carbocycles. The number of phenols is 1. The zero-order valence-electron chi connectivity index (χ0n) is 11.6. The van der Waals surface area contributed by atoms with Crippen LogP contribution < -0.4 is 0 Å². The van der Waals surface area contributed by atoms with Crippen LogP contribution in [0.4, 0.5) is 0 Å². The van der Waals surface area contributed by atoms with Crippen molar-refractivity contribution >= 4 is 0 Å². The first kappa shape index (κ1) is 14.3. The molecule has 0 fully saturated rings. The van der Waals surface area contributed by atoms with Gasteiger partial charge in [0, 0.05) is 0 Å². The number of hydrogen-bond acceptors (Lipinski definition) is 1. The van der Waals surface area contributed by atoms with Crippen molar-refractivity contribution in [2.24, 2.45) is 0 Å². The van der Waals surface area contributed by atoms with E-state index in [-0.39, 0.29) is 0 Å². The topological polar surface area (TPSA) is 20.2 Å². The molecule has 18 heavy (non-hydrogen) atoms. The fourth-order valence-corrected chi connectivity index (χ4v) is 1.50. The van der Waals surface area contributed by atoms with Gasteiger partial charge in [-0.3, -0.25) is 0 Å². The third-order valence-corrected chi connectivity index (χ3v) is 2.78. The van der Waals surface area contributed by atoms with Gasteiger partial charge in [0.15, 0.2) is 0 Å². The lowest BCUT2D eigenvalue weighted by atomic mass is 10.0. The lowest BCUT2D eigenvalue weighted by molar-refractivity contribution is 0.475. The van der Waals surface area contributed by atoms with E-state index >= 15 is 0 Å². The largest absolute Gasteiger partial charge is 0.508 e. The summed E-state index contributed by atoms with van der Waals surface area (Å²) >= 11 is 0. The van der Waals surface area contributed by atoms with Crippen molar-refractivity contribution in [2.45, 2.75) is 33.6 Å². The summed E-state index contributed by atoms with van der Waals surface area (Å²) < 4.78 is 0. The van der Waals surface area contributed by atoms with Crippen molar-refractivity contribution in [1.29, 1.82) is 0 Å². The molecule has 0 spiro atoms. The van der Waals surface area contributed by atoms with Gasteiger partial charge >= 0.3 is 0 Å². The summed E-state index contributed by atoms with van der Waals surface area (Å²) in [5.74, 6) is 0.983. The number of hydrogen-bond donors (Lipinski definition) is 1. The van der Waals surface area contributed by atoms with Gasteiger partial charge in [-0.25, -0.2) is 0 Å². The number of aromatic hydroxyl groups is 1. The highest BCUT2D eigenvalue weighted by molar-refractivity contribution is 5.24. The fourth-order valence-electron chi connectivity index (χ4n) is 1.50. The van der Waals surface area contributed by atoms with Gasteiger partial charge in [0.2, 0.25) is 0 Å². The Morgan fingerprint density at radius 3 is 1.44 bits per heavy atom. The maximum absolute atomic E-state index is 8.76. The Labute approximate surface area is 110 Å². The first-order chi connectivity index (χ1) is 8.49. The SMILES string of the molecule is Cc1ccc(C(C)C)cc1.Cc1ccc(O)cc1. The summed E-state index contributed by atoms with van der Waals surface area (Å²) in [5.41, 5.74) is 3.93. The Kier molecular flexibility index (Phi) is 5.44. The quantitative estimate of drug-likeness (QED) is 0.760. The Morgan fingerprint density at radius 1 is 0.722 bits per heavy atom. The standard InChI is InChI=1S/C10H14.C7H8O/c1-8(2)10-6-4-9(3)5-7-10;1-6-2-4-7(8)5-3-6/h4-8H,1-3H3;2-5,8H,1H3. The van der Waals surface area contributed by atoms with E-state index in [1.54, 1.807) is 12.1 Å². The van der Waals surface area contributed by atoms with E-state index in [2.05, 4.69) is 45.0 Å². The first-order valence-electron chi connectivity index (χ1n) is 6.31. The summed E-state index contributed by atoms with van der Waals surface area (Å²) in [4.78, 5) is 0. The van der Waals surface area contributed by atoms with Crippen LogP contribution >= 0.6 is 0 Å². The van der Waals surface area contributed by atoms with Crippen LogP contribution in [0, 0.1) is 13.8 Å². The molecule has 1 nitrogen and oxygen atoms in total. The summed E-state index contributed by atoms with van der Waals surface area (Å²) in [5, 5.41) is 8.76. The van der Waals surface area contributed by atoms with Gasteiger partial charge in [0.25, 0.3) is 0 Å². The smallest absolute Gasteiger partial charge is 0.115 e. The summed E-state index contributed by atoms with van der Waals surface area (Å²) in [6, 6.07) is 15.8. The summed E-state index contributed by atoms with van der Waals surface area (Å²) in [6.07, 6.45) is 0. The van der Waals surface area contributed by atoms with Gasteiger partial charge in [-0.1, -0.05) is 61.4 Å². The average molecular weight is 242 g/mol. The summed E-state index contributed by atoms with van der Waals surface area (Å²) in [7, 11) is 0. The van der Waals surface area contributed by atoms with E-state index in [4.69, 9.17) is 5.11 Å². The van der Waals surface area contributed by atoms with Crippen molar-refractivity contribution in [3.8, 4) is 5.75 Å². The Morgan fingerprint density at radius 2 is 1.11 bits per heavy atom. The predicted molar refractivity (Wildman–Crippen MR) is 78.1 cm³/mol. The molecule has 0 radical (unpaired) electrons. The minimum absolute atomic E-state index is 0.329. The molecule has 1 N–H and O–H groups in total. The molecule has 0 unspecified atom stereocenters. The number of benzene rings is 2. The Bertz CT molecular complexity index is 431. The highest BCUT2D eigenvalue weighted by Gasteiger charge is 1.95. The molecule has 0 aromatic heterocycles. The third kappa shape index (κ3) is 5.05. The van der Waals surface area contributed by atoms with Crippen LogP contribution in [0.5, 0.6) is 5.75 Å². The molecular weight excluding hydrogens is 220 g/mol. The molecule has 0 bridgehead atoms.